The highest BCUT2D eigenvalue weighted by Crippen LogP contribution is 1.93. The van der Waals surface area contributed by atoms with E-state index in [0.717, 1.165) is 7.11 Å². The van der Waals surface area contributed by atoms with E-state index in [2.05, 4.69) is 4.74 Å². The van der Waals surface area contributed by atoms with Crippen molar-refractivity contribution in [2.24, 2.45) is 0 Å². The Balaban J connectivity index is -0.000000166. The van der Waals surface area contributed by atoms with E-state index in [1.165, 1.54) is 6.92 Å². The third kappa shape index (κ3) is 42.5. The zero-order valence-corrected chi connectivity index (χ0v) is 11.0. The Labute approximate surface area is 93.6 Å². The second kappa shape index (κ2) is 15.8. The van der Waals surface area contributed by atoms with E-state index < -0.39 is 0 Å². The van der Waals surface area contributed by atoms with Crippen LogP contribution in [0.1, 0.15) is 41.5 Å². The van der Waals surface area contributed by atoms with Crippen molar-refractivity contribution in [3.63, 3.8) is 0 Å². The van der Waals surface area contributed by atoms with E-state index in [1.807, 2.05) is 27.7 Å². The highest BCUT2D eigenvalue weighted by atomic mass is 16.5. The molecule has 94 valence electrons. The standard InChI is InChI=1S/C6H14O.C4H8O2.CH4O/c1-5(2)7-6(3)4;1-3-6-4(2)5;1-2/h5-6H,1-4H3;3H2,1-2H3;2H,1H3. The van der Waals surface area contributed by atoms with Gasteiger partial charge in [0.15, 0.2) is 0 Å². The molecule has 1 N–H and O–H groups in total. The molecule has 0 aliphatic carbocycles. The summed E-state index contributed by atoms with van der Waals surface area (Å²) in [6.07, 6.45) is 0.750. The monoisotopic (exact) mass is 222 g/mol. The molecule has 0 unspecified atom stereocenters. The van der Waals surface area contributed by atoms with Gasteiger partial charge in [0, 0.05) is 14.0 Å². The van der Waals surface area contributed by atoms with Crippen molar-refractivity contribution < 1.29 is 19.4 Å². The van der Waals surface area contributed by atoms with Crippen LogP contribution in [0.2, 0.25) is 0 Å². The lowest BCUT2D eigenvalue weighted by Crippen LogP contribution is -2.09. The van der Waals surface area contributed by atoms with E-state index in [1.54, 1.807) is 6.92 Å². The van der Waals surface area contributed by atoms with Gasteiger partial charge in [0.2, 0.25) is 0 Å². The normalized spacial score (nSPS) is 8.67. The molecule has 0 aromatic rings. The predicted molar refractivity (Wildman–Crippen MR) is 61.8 cm³/mol. The molecule has 0 atom stereocenters. The van der Waals surface area contributed by atoms with Crippen LogP contribution in [-0.2, 0) is 14.3 Å². The van der Waals surface area contributed by atoms with Gasteiger partial charge < -0.3 is 14.6 Å². The summed E-state index contributed by atoms with van der Waals surface area (Å²) in [6, 6.07) is 0. The summed E-state index contributed by atoms with van der Waals surface area (Å²) in [7, 11) is 1.00. The van der Waals surface area contributed by atoms with Crippen molar-refractivity contribution in [2.75, 3.05) is 13.7 Å². The fraction of sp³-hybridized carbons (Fsp3) is 0.909. The van der Waals surface area contributed by atoms with Gasteiger partial charge in [0.05, 0.1) is 18.8 Å². The topological polar surface area (TPSA) is 55.8 Å². The molecule has 0 fully saturated rings. The smallest absolute Gasteiger partial charge is 0.302 e. The SMILES string of the molecule is CC(C)OC(C)C.CCOC(C)=O.CO. The number of carbonyl (C=O) groups excluding carboxylic acids is 1. The fourth-order valence-electron chi connectivity index (χ4n) is 0.748. The summed E-state index contributed by atoms with van der Waals surface area (Å²) >= 11 is 0. The Bertz CT molecular complexity index is 116. The van der Waals surface area contributed by atoms with Gasteiger partial charge in [-0.25, -0.2) is 0 Å². The molecule has 0 amide bonds. The van der Waals surface area contributed by atoms with Crippen LogP contribution in [0.25, 0.3) is 0 Å². The lowest BCUT2D eigenvalue weighted by atomic mass is 10.4. The van der Waals surface area contributed by atoms with Gasteiger partial charge >= 0.3 is 5.97 Å². The van der Waals surface area contributed by atoms with Crippen LogP contribution in [0.5, 0.6) is 0 Å². The maximum absolute atomic E-state index is 9.82. The number of hydrogen-bond donors (Lipinski definition) is 1. The van der Waals surface area contributed by atoms with Crippen LogP contribution in [0.15, 0.2) is 0 Å². The molecule has 0 heterocycles. The quantitative estimate of drug-likeness (QED) is 0.742. The van der Waals surface area contributed by atoms with Gasteiger partial charge in [-0.3, -0.25) is 4.79 Å². The van der Waals surface area contributed by atoms with Crippen molar-refractivity contribution >= 4 is 5.97 Å². The number of aliphatic hydroxyl groups is 1. The summed E-state index contributed by atoms with van der Waals surface area (Å²) in [5, 5.41) is 7.00. The molecule has 0 spiro atoms. The fourth-order valence-corrected chi connectivity index (χ4v) is 0.748. The van der Waals surface area contributed by atoms with Crippen LogP contribution in [0.4, 0.5) is 0 Å². The van der Waals surface area contributed by atoms with Crippen LogP contribution < -0.4 is 0 Å². The lowest BCUT2D eigenvalue weighted by Gasteiger charge is -2.09. The Kier molecular flexibility index (Phi) is 21.0. The van der Waals surface area contributed by atoms with E-state index in [0.29, 0.717) is 18.8 Å². The average Bonchev–Trinajstić information content (AvgIpc) is 2.05. The van der Waals surface area contributed by atoms with Crippen LogP contribution >= 0.6 is 0 Å². The first-order valence-corrected chi connectivity index (χ1v) is 5.13. The van der Waals surface area contributed by atoms with Crippen LogP contribution in [-0.4, -0.2) is 37.0 Å². The maximum Gasteiger partial charge on any atom is 0.302 e. The average molecular weight is 222 g/mol. The van der Waals surface area contributed by atoms with Gasteiger partial charge in [-0.15, -0.1) is 0 Å². The molecule has 0 bridgehead atoms. The van der Waals surface area contributed by atoms with E-state index in [4.69, 9.17) is 9.84 Å². The number of carbonyl (C=O) groups is 1. The largest absolute Gasteiger partial charge is 0.466 e. The van der Waals surface area contributed by atoms with Gasteiger partial charge in [0.25, 0.3) is 0 Å². The second-order valence-corrected chi connectivity index (χ2v) is 3.16. The molecule has 0 saturated heterocycles. The van der Waals surface area contributed by atoms with Crippen LogP contribution in [0, 0.1) is 0 Å². The third-order valence-electron chi connectivity index (χ3n) is 0.892. The van der Waals surface area contributed by atoms with Gasteiger partial charge in [-0.05, 0) is 34.6 Å². The van der Waals surface area contributed by atoms with E-state index in [9.17, 15) is 4.79 Å². The van der Waals surface area contributed by atoms with Crippen molar-refractivity contribution in [3.05, 3.63) is 0 Å². The van der Waals surface area contributed by atoms with Crippen LogP contribution in [0.3, 0.4) is 0 Å². The van der Waals surface area contributed by atoms with E-state index in [-0.39, 0.29) is 5.97 Å². The summed E-state index contributed by atoms with van der Waals surface area (Å²) in [5.74, 6) is -0.211. The minimum Gasteiger partial charge on any atom is -0.466 e. The molecule has 0 saturated carbocycles. The molecule has 0 rings (SSSR count). The summed E-state index contributed by atoms with van der Waals surface area (Å²) in [4.78, 5) is 9.82. The lowest BCUT2D eigenvalue weighted by molar-refractivity contribution is -0.140. The first-order chi connectivity index (χ1) is 6.90. The highest BCUT2D eigenvalue weighted by Gasteiger charge is 1.94. The number of hydrogen-bond acceptors (Lipinski definition) is 4. The highest BCUT2D eigenvalue weighted by molar-refractivity contribution is 5.65. The summed E-state index contributed by atoms with van der Waals surface area (Å²) in [6.45, 7) is 11.8. The predicted octanol–water partition coefficient (Wildman–Crippen LogP) is 2.00. The Hall–Kier alpha value is -0.610. The molecule has 4 nitrogen and oxygen atoms in total. The summed E-state index contributed by atoms with van der Waals surface area (Å²) < 4.78 is 9.65. The maximum atomic E-state index is 9.82. The zero-order chi connectivity index (χ0) is 12.9. The number of ether oxygens (including phenoxy) is 2. The first-order valence-electron chi connectivity index (χ1n) is 5.13. The van der Waals surface area contributed by atoms with Crippen molar-refractivity contribution in [3.8, 4) is 0 Å². The molecule has 0 aliphatic heterocycles. The van der Waals surface area contributed by atoms with Gasteiger partial charge in [0.1, 0.15) is 0 Å². The van der Waals surface area contributed by atoms with Gasteiger partial charge in [-0.1, -0.05) is 0 Å². The Morgan fingerprint density at radius 3 is 1.47 bits per heavy atom. The first kappa shape index (κ1) is 19.9. The third-order valence-corrected chi connectivity index (χ3v) is 0.892. The molecule has 0 aliphatic rings. The van der Waals surface area contributed by atoms with Crippen molar-refractivity contribution in [1.29, 1.82) is 0 Å². The molecule has 4 heteroatoms. The Morgan fingerprint density at radius 2 is 1.47 bits per heavy atom. The molecule has 0 aromatic carbocycles. The summed E-state index contributed by atoms with van der Waals surface area (Å²) in [5.41, 5.74) is 0. The molecular weight excluding hydrogens is 196 g/mol. The Morgan fingerprint density at radius 1 is 1.13 bits per heavy atom. The molecule has 0 aromatic heterocycles. The molecule has 15 heavy (non-hydrogen) atoms. The van der Waals surface area contributed by atoms with Crippen molar-refractivity contribution in [1.82, 2.24) is 0 Å². The molecule has 0 radical (unpaired) electrons. The zero-order valence-electron chi connectivity index (χ0n) is 11.0. The number of rotatable bonds is 3. The second-order valence-electron chi connectivity index (χ2n) is 3.16. The van der Waals surface area contributed by atoms with Crippen molar-refractivity contribution in [2.45, 2.75) is 53.8 Å². The van der Waals surface area contributed by atoms with E-state index >= 15 is 0 Å². The number of aliphatic hydroxyl groups excluding tert-OH is 1. The van der Waals surface area contributed by atoms with Gasteiger partial charge in [-0.2, -0.15) is 0 Å². The molecular formula is C11H26O4. The minimum absolute atomic E-state index is 0.211. The number of esters is 1. The minimum atomic E-state index is -0.211.